The molecule has 0 amide bonds. The highest BCUT2D eigenvalue weighted by molar-refractivity contribution is 6.28. The van der Waals surface area contributed by atoms with Crippen LogP contribution in [0.15, 0.2) is 6.07 Å². The van der Waals surface area contributed by atoms with Crippen molar-refractivity contribution >= 4 is 23.4 Å². The number of hydrogen-bond acceptors (Lipinski definition) is 7. The Kier molecular flexibility index (Phi) is 4.54. The minimum atomic E-state index is -0.432. The summed E-state index contributed by atoms with van der Waals surface area (Å²) >= 11 is 6.23. The molecule has 1 atom stereocenters. The van der Waals surface area contributed by atoms with E-state index in [1.807, 2.05) is 0 Å². The molecule has 2 aromatic rings. The van der Waals surface area contributed by atoms with Gasteiger partial charge < -0.3 is 14.4 Å². The number of carbonyl (C=O) groups is 1. The van der Waals surface area contributed by atoms with Crippen LogP contribution in [0.3, 0.4) is 0 Å². The van der Waals surface area contributed by atoms with Crippen LogP contribution in [0.2, 0.25) is 5.28 Å². The normalized spacial score (nSPS) is 19.0. The lowest BCUT2D eigenvalue weighted by molar-refractivity contribution is 0.0518. The second-order valence-electron chi connectivity index (χ2n) is 6.37. The molecule has 4 heterocycles. The van der Waals surface area contributed by atoms with Crippen molar-refractivity contribution in [3.8, 4) is 11.4 Å². The topological polar surface area (TPSA) is 82.4 Å². The van der Waals surface area contributed by atoms with Crippen molar-refractivity contribution in [1.29, 1.82) is 0 Å². The van der Waals surface area contributed by atoms with Crippen molar-refractivity contribution in [3.05, 3.63) is 22.6 Å². The van der Waals surface area contributed by atoms with Gasteiger partial charge in [-0.3, -0.25) is 4.68 Å². The van der Waals surface area contributed by atoms with Gasteiger partial charge in [0.1, 0.15) is 5.82 Å². The zero-order valence-electron chi connectivity index (χ0n) is 14.7. The van der Waals surface area contributed by atoms with Crippen LogP contribution in [-0.2, 0) is 22.4 Å². The average Bonchev–Trinajstić information content (AvgIpc) is 3.07. The highest BCUT2D eigenvalue weighted by Crippen LogP contribution is 2.35. The number of halogens is 1. The first-order chi connectivity index (χ1) is 12.6. The van der Waals surface area contributed by atoms with Gasteiger partial charge in [-0.05, 0) is 31.9 Å². The molecule has 0 aliphatic carbocycles. The lowest BCUT2D eigenvalue weighted by Crippen LogP contribution is -2.45. The molecule has 138 valence electrons. The number of aromatic nitrogens is 4. The van der Waals surface area contributed by atoms with Crippen molar-refractivity contribution in [2.45, 2.75) is 32.9 Å². The van der Waals surface area contributed by atoms with Crippen LogP contribution in [0.5, 0.6) is 0 Å². The van der Waals surface area contributed by atoms with Gasteiger partial charge in [-0.1, -0.05) is 0 Å². The van der Waals surface area contributed by atoms with Crippen LogP contribution in [0.1, 0.15) is 29.9 Å². The maximum Gasteiger partial charge on any atom is 0.358 e. The van der Waals surface area contributed by atoms with Crippen LogP contribution in [0, 0.1) is 0 Å². The van der Waals surface area contributed by atoms with Gasteiger partial charge in [-0.2, -0.15) is 5.10 Å². The van der Waals surface area contributed by atoms with Gasteiger partial charge in [0.15, 0.2) is 5.69 Å². The van der Waals surface area contributed by atoms with Gasteiger partial charge in [-0.15, -0.1) is 0 Å². The number of morpholine rings is 1. The SMILES string of the molecule is CCOC(=O)c1cc2n(n1)CCc1c-2nc(Cl)nc1N1CCOCC1C. The van der Waals surface area contributed by atoms with Gasteiger partial charge in [0, 0.05) is 24.7 Å². The Morgan fingerprint density at radius 1 is 1.42 bits per heavy atom. The second-order valence-corrected chi connectivity index (χ2v) is 6.71. The second kappa shape index (κ2) is 6.85. The van der Waals surface area contributed by atoms with Gasteiger partial charge in [0.05, 0.1) is 37.3 Å². The van der Waals surface area contributed by atoms with Crippen molar-refractivity contribution in [2.75, 3.05) is 31.3 Å². The summed E-state index contributed by atoms with van der Waals surface area (Å²) in [5.74, 6) is 0.416. The van der Waals surface area contributed by atoms with E-state index in [-0.39, 0.29) is 17.0 Å². The molecule has 2 aliphatic heterocycles. The number of aryl methyl sites for hydroxylation is 1. The Balaban J connectivity index is 1.78. The lowest BCUT2D eigenvalue weighted by atomic mass is 10.0. The summed E-state index contributed by atoms with van der Waals surface area (Å²) in [6.07, 6.45) is 0.725. The fraction of sp³-hybridized carbons (Fsp3) is 0.529. The molecule has 26 heavy (non-hydrogen) atoms. The molecule has 1 fully saturated rings. The summed E-state index contributed by atoms with van der Waals surface area (Å²) < 4.78 is 12.4. The molecule has 0 bridgehead atoms. The summed E-state index contributed by atoms with van der Waals surface area (Å²) in [6, 6.07) is 1.92. The van der Waals surface area contributed by atoms with E-state index < -0.39 is 5.97 Å². The Labute approximate surface area is 156 Å². The number of anilines is 1. The summed E-state index contributed by atoms with van der Waals surface area (Å²) in [4.78, 5) is 23.2. The summed E-state index contributed by atoms with van der Waals surface area (Å²) in [6.45, 7) is 6.91. The predicted octanol–water partition coefficient (Wildman–Crippen LogP) is 1.95. The summed E-state index contributed by atoms with van der Waals surface area (Å²) in [5.41, 5.74) is 2.81. The fourth-order valence-corrected chi connectivity index (χ4v) is 3.63. The third-order valence-corrected chi connectivity index (χ3v) is 4.85. The maximum absolute atomic E-state index is 12.0. The molecule has 8 nitrogen and oxygen atoms in total. The van der Waals surface area contributed by atoms with Crippen molar-refractivity contribution in [3.63, 3.8) is 0 Å². The zero-order chi connectivity index (χ0) is 18.3. The van der Waals surface area contributed by atoms with Gasteiger partial charge in [-0.25, -0.2) is 14.8 Å². The van der Waals surface area contributed by atoms with E-state index in [0.717, 1.165) is 35.7 Å². The maximum atomic E-state index is 12.0. The van der Waals surface area contributed by atoms with Crippen molar-refractivity contribution in [2.24, 2.45) is 0 Å². The predicted molar refractivity (Wildman–Crippen MR) is 95.6 cm³/mol. The molecule has 2 aromatic heterocycles. The van der Waals surface area contributed by atoms with E-state index in [2.05, 4.69) is 26.9 Å². The number of esters is 1. The van der Waals surface area contributed by atoms with E-state index >= 15 is 0 Å². The first kappa shape index (κ1) is 17.2. The van der Waals surface area contributed by atoms with Crippen LogP contribution in [-0.4, -0.2) is 58.1 Å². The molecule has 0 radical (unpaired) electrons. The highest BCUT2D eigenvalue weighted by atomic mass is 35.5. The van der Waals surface area contributed by atoms with E-state index in [9.17, 15) is 4.79 Å². The average molecular weight is 378 g/mol. The quantitative estimate of drug-likeness (QED) is 0.597. The Morgan fingerprint density at radius 3 is 3.04 bits per heavy atom. The standard InChI is InChI=1S/C17H20ClN5O3/c1-3-26-16(24)12-8-13-14-11(4-5-23(13)21-12)15(20-17(18)19-14)22-6-7-25-9-10(22)2/h8,10H,3-7,9H2,1-2H3. The Bertz CT molecular complexity index is 853. The van der Waals surface area contributed by atoms with Crippen LogP contribution in [0.25, 0.3) is 11.4 Å². The first-order valence-electron chi connectivity index (χ1n) is 8.74. The van der Waals surface area contributed by atoms with Crippen LogP contribution >= 0.6 is 11.6 Å². The van der Waals surface area contributed by atoms with Crippen LogP contribution in [0.4, 0.5) is 5.82 Å². The fourth-order valence-electron chi connectivity index (χ4n) is 3.47. The van der Waals surface area contributed by atoms with Gasteiger partial charge in [0.25, 0.3) is 0 Å². The third kappa shape index (κ3) is 2.93. The van der Waals surface area contributed by atoms with Crippen molar-refractivity contribution < 1.29 is 14.3 Å². The minimum absolute atomic E-state index is 0.185. The molecule has 0 aromatic carbocycles. The molecule has 1 saturated heterocycles. The number of hydrogen-bond donors (Lipinski definition) is 0. The lowest BCUT2D eigenvalue weighted by Gasteiger charge is -2.36. The zero-order valence-corrected chi connectivity index (χ0v) is 15.5. The van der Waals surface area contributed by atoms with Gasteiger partial charge >= 0.3 is 5.97 Å². The van der Waals surface area contributed by atoms with E-state index in [0.29, 0.717) is 26.4 Å². The number of carbonyl (C=O) groups excluding carboxylic acids is 1. The van der Waals surface area contributed by atoms with Crippen molar-refractivity contribution in [1.82, 2.24) is 19.7 Å². The number of rotatable bonds is 3. The molecular weight excluding hydrogens is 358 g/mol. The van der Waals surface area contributed by atoms with E-state index in [4.69, 9.17) is 21.1 Å². The third-order valence-electron chi connectivity index (χ3n) is 4.68. The van der Waals surface area contributed by atoms with Gasteiger partial charge in [0.2, 0.25) is 5.28 Å². The highest BCUT2D eigenvalue weighted by Gasteiger charge is 2.30. The Morgan fingerprint density at radius 2 is 2.27 bits per heavy atom. The Hall–Kier alpha value is -2.19. The van der Waals surface area contributed by atoms with E-state index in [1.165, 1.54) is 0 Å². The molecule has 0 spiro atoms. The summed E-state index contributed by atoms with van der Waals surface area (Å²) in [5, 5.41) is 4.54. The monoisotopic (exact) mass is 377 g/mol. The molecule has 0 saturated carbocycles. The van der Waals surface area contributed by atoms with Crippen LogP contribution < -0.4 is 4.90 Å². The molecule has 4 rings (SSSR count). The molecular formula is C17H20ClN5O3. The number of fused-ring (bicyclic) bond motifs is 3. The first-order valence-corrected chi connectivity index (χ1v) is 9.12. The minimum Gasteiger partial charge on any atom is -0.461 e. The number of nitrogens with zero attached hydrogens (tertiary/aromatic N) is 5. The molecule has 0 N–H and O–H groups in total. The largest absolute Gasteiger partial charge is 0.461 e. The smallest absolute Gasteiger partial charge is 0.358 e. The molecule has 9 heteroatoms. The summed E-state index contributed by atoms with van der Waals surface area (Å²) in [7, 11) is 0. The number of ether oxygens (including phenoxy) is 2. The van der Waals surface area contributed by atoms with E-state index in [1.54, 1.807) is 17.7 Å². The molecule has 2 aliphatic rings. The molecule has 1 unspecified atom stereocenters.